The van der Waals surface area contributed by atoms with E-state index in [4.69, 9.17) is 13.8 Å². The van der Waals surface area contributed by atoms with Crippen molar-refractivity contribution < 1.29 is 64.2 Å². The minimum Gasteiger partial charge on any atom is -0.346 e. The lowest BCUT2D eigenvalue weighted by atomic mass is 10.3. The van der Waals surface area contributed by atoms with Crippen molar-refractivity contribution >= 4 is 52.4 Å². The summed E-state index contributed by atoms with van der Waals surface area (Å²) in [6.45, 7) is 0. The molecule has 20 nitrogen and oxygen atoms in total. The summed E-state index contributed by atoms with van der Waals surface area (Å²) >= 11 is 0. The highest BCUT2D eigenvalue weighted by Crippen LogP contribution is 2.81. The standard InChI is InChI=1S/C9N5O15P3/c15-3-1-2-10-7-13(1)28-30(18,21-7)29-14(2)6(11-3)12(4(16)8-22-31(19,23-8)24-8)5(17)9-25-32(20,26-9)27-9. The van der Waals surface area contributed by atoms with Crippen molar-refractivity contribution in [1.29, 1.82) is 0 Å². The fourth-order valence-electron chi connectivity index (χ4n) is 3.39. The fourth-order valence-corrected chi connectivity index (χ4v) is 6.82. The normalized spacial score (nSPS) is 42.5. The van der Waals surface area contributed by atoms with Crippen LogP contribution in [0.4, 0.5) is 5.95 Å². The molecule has 2 amide bonds. The number of carbonyl (C=O) groups is 2. The highest BCUT2D eigenvalue weighted by Gasteiger charge is 2.84. The van der Waals surface area contributed by atoms with Gasteiger partial charge in [0.1, 0.15) is 0 Å². The molecule has 23 heteroatoms. The summed E-state index contributed by atoms with van der Waals surface area (Å²) in [5.41, 5.74) is -1.97. The molecule has 2 aromatic heterocycles. The SMILES string of the molecule is O=C(N(C(=O)C12OP(=O)(O1)O2)c1nc(=O)c2c3nc4n2OP(=O)(O4)On13)C12OP(=O)(O1)O2. The Morgan fingerprint density at radius 2 is 1.34 bits per heavy atom. The Kier molecular flexibility index (Phi) is 2.53. The van der Waals surface area contributed by atoms with Gasteiger partial charge >= 0.3 is 58.8 Å². The van der Waals surface area contributed by atoms with Gasteiger partial charge in [-0.15, -0.1) is 9.46 Å². The summed E-state index contributed by atoms with van der Waals surface area (Å²) in [5.74, 6) is -9.40. The van der Waals surface area contributed by atoms with E-state index in [1.54, 1.807) is 0 Å². The summed E-state index contributed by atoms with van der Waals surface area (Å²) in [7, 11) is -12.3. The summed E-state index contributed by atoms with van der Waals surface area (Å²) in [5, 5.41) is 0. The zero-order valence-electron chi connectivity index (χ0n) is 14.2. The summed E-state index contributed by atoms with van der Waals surface area (Å²) < 4.78 is 79.9. The van der Waals surface area contributed by atoms with Crippen molar-refractivity contribution in [3.8, 4) is 6.01 Å². The van der Waals surface area contributed by atoms with E-state index in [2.05, 4.69) is 37.1 Å². The lowest BCUT2D eigenvalue weighted by Crippen LogP contribution is -2.73. The topological polar surface area (TPSA) is 224 Å². The minimum atomic E-state index is -4.46. The summed E-state index contributed by atoms with van der Waals surface area (Å²) in [6.07, 6.45) is 0. The van der Waals surface area contributed by atoms with Gasteiger partial charge in [0.2, 0.25) is 5.65 Å². The molecule has 6 saturated heterocycles. The number of hydrogen-bond acceptors (Lipinski definition) is 17. The van der Waals surface area contributed by atoms with E-state index in [1.165, 1.54) is 0 Å². The Bertz CT molecular complexity index is 1500. The van der Waals surface area contributed by atoms with Crippen LogP contribution in [-0.4, -0.2) is 43.2 Å². The monoisotopic (exact) mass is 511 g/mol. The van der Waals surface area contributed by atoms with Gasteiger partial charge < -0.3 is 4.52 Å². The summed E-state index contributed by atoms with van der Waals surface area (Å²) in [6, 6.07) is -0.421. The molecule has 9 aliphatic rings. The van der Waals surface area contributed by atoms with Gasteiger partial charge in [0.05, 0.1) is 0 Å². The molecule has 11 rings (SSSR count). The number of amides is 2. The molecule has 1 unspecified atom stereocenters. The van der Waals surface area contributed by atoms with E-state index >= 15 is 0 Å². The van der Waals surface area contributed by atoms with E-state index in [-0.39, 0.29) is 4.90 Å². The second kappa shape index (κ2) is 4.54. The van der Waals surface area contributed by atoms with Gasteiger partial charge in [0.25, 0.3) is 5.95 Å². The quantitative estimate of drug-likeness (QED) is 0.338. The first-order valence-corrected chi connectivity index (χ1v) is 12.4. The molecule has 0 aromatic carbocycles. The lowest BCUT2D eigenvalue weighted by molar-refractivity contribution is -0.403. The maximum atomic E-state index is 13.1. The molecule has 0 radical (unpaired) electrons. The van der Waals surface area contributed by atoms with E-state index in [9.17, 15) is 28.1 Å². The van der Waals surface area contributed by atoms with Gasteiger partial charge in [-0.2, -0.15) is 14.5 Å². The number of carbonyl (C=O) groups excluding carboxylic acids is 2. The van der Waals surface area contributed by atoms with Crippen LogP contribution in [0.5, 0.6) is 6.01 Å². The van der Waals surface area contributed by atoms with Crippen LogP contribution in [0.15, 0.2) is 4.79 Å². The molecule has 166 valence electrons. The summed E-state index contributed by atoms with van der Waals surface area (Å²) in [4.78, 5) is 46.2. The maximum Gasteiger partial charge on any atom is 0.689 e. The first-order valence-electron chi connectivity index (χ1n) is 8.06. The molecule has 6 fully saturated rings. The zero-order chi connectivity index (χ0) is 22.1. The van der Waals surface area contributed by atoms with Crippen LogP contribution < -0.4 is 24.2 Å². The van der Waals surface area contributed by atoms with Crippen LogP contribution in [0.25, 0.3) is 11.2 Å². The van der Waals surface area contributed by atoms with E-state index in [1.807, 2.05) is 0 Å². The predicted octanol–water partition coefficient (Wildman–Crippen LogP) is -1.50. The third-order valence-corrected chi connectivity index (χ3v) is 8.54. The van der Waals surface area contributed by atoms with E-state index in [0.29, 0.717) is 9.46 Å². The third kappa shape index (κ3) is 1.74. The number of phosphoric acid groups is 3. The van der Waals surface area contributed by atoms with Crippen LogP contribution in [0.1, 0.15) is 0 Å². The number of anilines is 1. The minimum absolute atomic E-state index is 0.00579. The fraction of sp³-hybridized carbons (Fsp3) is 0.222. The predicted molar refractivity (Wildman–Crippen MR) is 82.9 cm³/mol. The Morgan fingerprint density at radius 3 is 1.88 bits per heavy atom. The first-order chi connectivity index (χ1) is 15.0. The van der Waals surface area contributed by atoms with Gasteiger partial charge in [-0.05, 0) is 0 Å². The van der Waals surface area contributed by atoms with Crippen LogP contribution in [0, 0.1) is 0 Å². The zero-order valence-corrected chi connectivity index (χ0v) is 16.9. The van der Waals surface area contributed by atoms with Crippen molar-refractivity contribution in [3.63, 3.8) is 0 Å². The Balaban J connectivity index is 1.34. The van der Waals surface area contributed by atoms with E-state index < -0.39 is 75.9 Å². The number of nitrogens with zero attached hydrogens (tertiary/aromatic N) is 5. The number of imide groups is 1. The molecule has 32 heavy (non-hydrogen) atoms. The molecule has 9 aliphatic heterocycles. The number of aromatic nitrogens is 4. The number of hydrogen-bond donors (Lipinski definition) is 0. The molecule has 0 N–H and O–H groups in total. The highest BCUT2D eigenvalue weighted by atomic mass is 31.2. The molecule has 2 aromatic rings. The van der Waals surface area contributed by atoms with Crippen molar-refractivity contribution in [2.75, 3.05) is 4.90 Å². The van der Waals surface area contributed by atoms with Crippen LogP contribution >= 0.6 is 23.5 Å². The molecule has 1 atom stereocenters. The number of phosphoric ester groups is 2. The average molecular weight is 511 g/mol. The Labute approximate surface area is 170 Å². The molecule has 0 aliphatic carbocycles. The number of imidazole rings is 1. The van der Waals surface area contributed by atoms with Crippen molar-refractivity contribution in [2.45, 2.75) is 11.9 Å². The van der Waals surface area contributed by atoms with Gasteiger partial charge in [-0.3, -0.25) is 23.6 Å². The Hall–Kier alpha value is -2.66. The van der Waals surface area contributed by atoms with Crippen molar-refractivity contribution in [3.05, 3.63) is 10.4 Å². The van der Waals surface area contributed by atoms with Crippen molar-refractivity contribution in [1.82, 2.24) is 19.4 Å². The molecule has 10 bridgehead atoms. The van der Waals surface area contributed by atoms with Gasteiger partial charge in [0, 0.05) is 0 Å². The van der Waals surface area contributed by atoms with E-state index in [0.717, 1.165) is 0 Å². The lowest BCUT2D eigenvalue weighted by Gasteiger charge is -2.56. The van der Waals surface area contributed by atoms with Crippen LogP contribution in [0.2, 0.25) is 0 Å². The highest BCUT2D eigenvalue weighted by molar-refractivity contribution is 7.52. The molecule has 0 saturated carbocycles. The molecule has 0 spiro atoms. The second-order valence-corrected chi connectivity index (χ2v) is 10.9. The Morgan fingerprint density at radius 1 is 0.812 bits per heavy atom. The van der Waals surface area contributed by atoms with Gasteiger partial charge in [0.15, 0.2) is 5.52 Å². The smallest absolute Gasteiger partial charge is 0.346 e. The van der Waals surface area contributed by atoms with Gasteiger partial charge in [-0.25, -0.2) is 41.2 Å². The second-order valence-electron chi connectivity index (χ2n) is 6.57. The molecule has 11 heterocycles. The van der Waals surface area contributed by atoms with Gasteiger partial charge in [-0.1, -0.05) is 0 Å². The first kappa shape index (κ1) is 17.8. The molecular formula is C9N5O15P3. The molecular weight excluding hydrogens is 511 g/mol. The van der Waals surface area contributed by atoms with Crippen LogP contribution in [-0.2, 0) is 50.4 Å². The third-order valence-electron chi connectivity index (χ3n) is 4.65. The van der Waals surface area contributed by atoms with Crippen LogP contribution in [0.3, 0.4) is 0 Å². The number of rotatable bonds is 3. The van der Waals surface area contributed by atoms with Crippen molar-refractivity contribution in [2.24, 2.45) is 0 Å². The largest absolute Gasteiger partial charge is 0.689 e. The maximum absolute atomic E-state index is 13.1. The average Bonchev–Trinajstić information content (AvgIpc) is 3.01.